The molecule has 2 heteroatoms. The van der Waals surface area contributed by atoms with E-state index >= 15 is 0 Å². The third-order valence-corrected chi connectivity index (χ3v) is 3.63. The average molecular weight is 239 g/mol. The average Bonchev–Trinajstić information content (AvgIpc) is 2.24. The van der Waals surface area contributed by atoms with Gasteiger partial charge in [-0.1, -0.05) is 34.6 Å². The fraction of sp³-hybridized carbons (Fsp3) is 0.933. The van der Waals surface area contributed by atoms with Gasteiger partial charge >= 0.3 is 0 Å². The first-order valence-electron chi connectivity index (χ1n) is 7.12. The lowest BCUT2D eigenvalue weighted by Gasteiger charge is -2.38. The van der Waals surface area contributed by atoms with Gasteiger partial charge in [0.15, 0.2) is 0 Å². The molecule has 0 aromatic carbocycles. The van der Waals surface area contributed by atoms with Crippen molar-refractivity contribution in [1.29, 1.82) is 0 Å². The molecule has 0 N–H and O–H groups in total. The molecule has 1 unspecified atom stereocenters. The van der Waals surface area contributed by atoms with E-state index < -0.39 is 0 Å². The number of nitrogens with zero attached hydrogens (tertiary/aromatic N) is 1. The zero-order chi connectivity index (χ0) is 13.1. The second-order valence-electron chi connectivity index (χ2n) is 6.94. The molecule has 17 heavy (non-hydrogen) atoms. The predicted octanol–water partition coefficient (Wildman–Crippen LogP) is 3.85. The van der Waals surface area contributed by atoms with Crippen LogP contribution in [-0.4, -0.2) is 23.4 Å². The lowest BCUT2D eigenvalue weighted by atomic mass is 9.86. The molecule has 1 heterocycles. The van der Waals surface area contributed by atoms with Crippen molar-refractivity contribution in [3.63, 3.8) is 0 Å². The van der Waals surface area contributed by atoms with Crippen molar-refractivity contribution in [2.75, 3.05) is 6.54 Å². The van der Waals surface area contributed by atoms with Crippen LogP contribution in [0.1, 0.15) is 66.7 Å². The zero-order valence-corrected chi connectivity index (χ0v) is 12.3. The van der Waals surface area contributed by atoms with Gasteiger partial charge in [-0.05, 0) is 37.5 Å². The van der Waals surface area contributed by atoms with Crippen LogP contribution >= 0.6 is 0 Å². The van der Waals surface area contributed by atoms with Crippen LogP contribution < -0.4 is 0 Å². The van der Waals surface area contributed by atoms with Gasteiger partial charge in [0.1, 0.15) is 0 Å². The number of amides is 1. The van der Waals surface area contributed by atoms with Gasteiger partial charge in [-0.2, -0.15) is 0 Å². The molecule has 2 nitrogen and oxygen atoms in total. The number of hydrogen-bond acceptors (Lipinski definition) is 1. The van der Waals surface area contributed by atoms with E-state index in [-0.39, 0.29) is 5.92 Å². The Morgan fingerprint density at radius 3 is 2.47 bits per heavy atom. The van der Waals surface area contributed by atoms with Gasteiger partial charge in [-0.15, -0.1) is 0 Å². The molecule has 1 aliphatic heterocycles. The first-order chi connectivity index (χ1) is 7.81. The van der Waals surface area contributed by atoms with Gasteiger partial charge < -0.3 is 4.90 Å². The largest absolute Gasteiger partial charge is 0.339 e. The maximum atomic E-state index is 12.2. The Hall–Kier alpha value is -0.530. The van der Waals surface area contributed by atoms with E-state index in [2.05, 4.69) is 25.7 Å². The van der Waals surface area contributed by atoms with Crippen LogP contribution in [0.5, 0.6) is 0 Å². The minimum Gasteiger partial charge on any atom is -0.339 e. The first kappa shape index (κ1) is 14.5. The number of carbonyl (C=O) groups is 1. The highest BCUT2D eigenvalue weighted by Crippen LogP contribution is 2.28. The quantitative estimate of drug-likeness (QED) is 0.732. The molecule has 0 aromatic heterocycles. The molecule has 1 atom stereocenters. The van der Waals surface area contributed by atoms with Crippen LogP contribution in [0.4, 0.5) is 0 Å². The van der Waals surface area contributed by atoms with Crippen molar-refractivity contribution < 1.29 is 4.79 Å². The van der Waals surface area contributed by atoms with Gasteiger partial charge in [-0.25, -0.2) is 0 Å². The second kappa shape index (κ2) is 5.88. The molecule has 1 rings (SSSR count). The summed E-state index contributed by atoms with van der Waals surface area (Å²) in [5.41, 5.74) is 0.379. The van der Waals surface area contributed by atoms with Gasteiger partial charge in [0, 0.05) is 18.5 Å². The standard InChI is InChI=1S/C15H29NO/c1-12(2)14(17)16-11-7-6-8-13(16)9-10-15(3,4)5/h12-13H,6-11H2,1-5H3. The summed E-state index contributed by atoms with van der Waals surface area (Å²) in [6, 6.07) is 0.498. The Labute approximate surface area is 107 Å². The maximum Gasteiger partial charge on any atom is 0.225 e. The Morgan fingerprint density at radius 2 is 1.94 bits per heavy atom. The van der Waals surface area contributed by atoms with Crippen LogP contribution in [0.15, 0.2) is 0 Å². The maximum absolute atomic E-state index is 12.2. The predicted molar refractivity (Wildman–Crippen MR) is 72.9 cm³/mol. The van der Waals surface area contributed by atoms with Crippen LogP contribution in [0.3, 0.4) is 0 Å². The minimum absolute atomic E-state index is 0.144. The summed E-state index contributed by atoms with van der Waals surface area (Å²) in [5.74, 6) is 0.494. The summed E-state index contributed by atoms with van der Waals surface area (Å²) >= 11 is 0. The van der Waals surface area contributed by atoms with Gasteiger partial charge in [0.2, 0.25) is 5.91 Å². The SMILES string of the molecule is CC(C)C(=O)N1CCCCC1CCC(C)(C)C. The second-order valence-corrected chi connectivity index (χ2v) is 6.94. The highest BCUT2D eigenvalue weighted by molar-refractivity contribution is 5.78. The fourth-order valence-corrected chi connectivity index (χ4v) is 2.52. The monoisotopic (exact) mass is 239 g/mol. The van der Waals surface area contributed by atoms with Crippen molar-refractivity contribution in [3.8, 4) is 0 Å². The number of piperidine rings is 1. The third-order valence-electron chi connectivity index (χ3n) is 3.63. The summed E-state index contributed by atoms with van der Waals surface area (Å²) in [6.45, 7) is 11.8. The first-order valence-corrected chi connectivity index (χ1v) is 7.12. The van der Waals surface area contributed by atoms with E-state index in [0.717, 1.165) is 6.54 Å². The van der Waals surface area contributed by atoms with E-state index in [0.29, 0.717) is 17.4 Å². The van der Waals surface area contributed by atoms with Crippen molar-refractivity contribution in [2.45, 2.75) is 72.8 Å². The van der Waals surface area contributed by atoms with Gasteiger partial charge in [0.05, 0.1) is 0 Å². The number of rotatable bonds is 3. The van der Waals surface area contributed by atoms with E-state index in [1.807, 2.05) is 13.8 Å². The smallest absolute Gasteiger partial charge is 0.225 e. The van der Waals surface area contributed by atoms with E-state index in [1.54, 1.807) is 0 Å². The highest BCUT2D eigenvalue weighted by atomic mass is 16.2. The summed E-state index contributed by atoms with van der Waals surface area (Å²) in [4.78, 5) is 14.3. The Morgan fingerprint density at radius 1 is 1.29 bits per heavy atom. The van der Waals surface area contributed by atoms with Crippen LogP contribution in [0.2, 0.25) is 0 Å². The third kappa shape index (κ3) is 4.69. The van der Waals surface area contributed by atoms with Gasteiger partial charge in [0.25, 0.3) is 0 Å². The summed E-state index contributed by atoms with van der Waals surface area (Å²) in [5, 5.41) is 0. The van der Waals surface area contributed by atoms with E-state index in [1.165, 1.54) is 32.1 Å². The molecule has 0 aromatic rings. The Kier molecular flexibility index (Phi) is 5.03. The minimum atomic E-state index is 0.144. The van der Waals surface area contributed by atoms with E-state index in [9.17, 15) is 4.79 Å². The topological polar surface area (TPSA) is 20.3 Å². The lowest BCUT2D eigenvalue weighted by molar-refractivity contribution is -0.138. The molecular formula is C15H29NO. The molecule has 1 saturated heterocycles. The zero-order valence-electron chi connectivity index (χ0n) is 12.3. The molecule has 0 aliphatic carbocycles. The Balaban J connectivity index is 2.57. The molecule has 0 radical (unpaired) electrons. The molecular weight excluding hydrogens is 210 g/mol. The Bertz CT molecular complexity index is 252. The van der Waals surface area contributed by atoms with Crippen LogP contribution in [-0.2, 0) is 4.79 Å². The van der Waals surface area contributed by atoms with Crippen molar-refractivity contribution in [2.24, 2.45) is 11.3 Å². The van der Waals surface area contributed by atoms with Crippen LogP contribution in [0.25, 0.3) is 0 Å². The molecule has 0 saturated carbocycles. The summed E-state index contributed by atoms with van der Waals surface area (Å²) < 4.78 is 0. The lowest BCUT2D eigenvalue weighted by Crippen LogP contribution is -2.45. The fourth-order valence-electron chi connectivity index (χ4n) is 2.52. The van der Waals surface area contributed by atoms with Crippen molar-refractivity contribution in [3.05, 3.63) is 0 Å². The highest BCUT2D eigenvalue weighted by Gasteiger charge is 2.28. The molecule has 0 spiro atoms. The van der Waals surface area contributed by atoms with Gasteiger partial charge in [-0.3, -0.25) is 4.79 Å². The van der Waals surface area contributed by atoms with E-state index in [4.69, 9.17) is 0 Å². The molecule has 1 amide bonds. The number of likely N-dealkylation sites (tertiary alicyclic amines) is 1. The van der Waals surface area contributed by atoms with Crippen molar-refractivity contribution >= 4 is 5.91 Å². The normalized spacial score (nSPS) is 22.0. The molecule has 0 bridgehead atoms. The number of carbonyl (C=O) groups excluding carboxylic acids is 1. The van der Waals surface area contributed by atoms with Crippen molar-refractivity contribution in [1.82, 2.24) is 4.90 Å². The molecule has 1 fully saturated rings. The summed E-state index contributed by atoms with van der Waals surface area (Å²) in [6.07, 6.45) is 6.05. The molecule has 1 aliphatic rings. The molecule has 100 valence electrons. The summed E-state index contributed by atoms with van der Waals surface area (Å²) in [7, 11) is 0. The van der Waals surface area contributed by atoms with Crippen LogP contribution in [0, 0.1) is 11.3 Å². The number of hydrogen-bond donors (Lipinski definition) is 0.